The van der Waals surface area contributed by atoms with E-state index in [0.29, 0.717) is 12.0 Å². The van der Waals surface area contributed by atoms with E-state index in [0.717, 1.165) is 12.0 Å². The van der Waals surface area contributed by atoms with Gasteiger partial charge in [0.1, 0.15) is 0 Å². The highest BCUT2D eigenvalue weighted by Gasteiger charge is 2.48. The van der Waals surface area contributed by atoms with Crippen molar-refractivity contribution in [2.45, 2.75) is 12.8 Å². The smallest absolute Gasteiger partial charge is 0.254 e. The summed E-state index contributed by atoms with van der Waals surface area (Å²) >= 11 is 5.79. The summed E-state index contributed by atoms with van der Waals surface area (Å²) in [4.78, 5) is 39.2. The van der Waals surface area contributed by atoms with Gasteiger partial charge >= 0.3 is 0 Å². The number of allylic oxidation sites excluding steroid dienone is 1. The largest absolute Gasteiger partial charge is 0.276 e. The summed E-state index contributed by atoms with van der Waals surface area (Å²) in [5, 5.41) is -0.691. The van der Waals surface area contributed by atoms with E-state index in [1.54, 1.807) is 18.2 Å². The Morgan fingerprint density at radius 3 is 2.46 bits per heavy atom. The molecule has 4 nitrogen and oxygen atoms in total. The van der Waals surface area contributed by atoms with E-state index in [1.165, 1.54) is 4.90 Å². The zero-order valence-electron chi connectivity index (χ0n) is 13.9. The summed E-state index contributed by atoms with van der Waals surface area (Å²) in [6.45, 7) is 0. The number of hydrogen-bond donors (Lipinski definition) is 0. The van der Waals surface area contributed by atoms with Crippen LogP contribution in [0.1, 0.15) is 23.2 Å². The number of nitrogens with zero attached hydrogens (tertiary/aromatic N) is 1. The van der Waals surface area contributed by atoms with E-state index in [-0.39, 0.29) is 29.0 Å². The molecule has 130 valence electrons. The highest BCUT2D eigenvalue weighted by Crippen LogP contribution is 2.42. The Bertz CT molecular complexity index is 936. The molecule has 1 heterocycles. The minimum absolute atomic E-state index is 0.164. The van der Waals surface area contributed by atoms with Crippen LogP contribution < -0.4 is 4.90 Å². The molecule has 4 rings (SSSR count). The zero-order chi connectivity index (χ0) is 18.3. The third-order valence-electron chi connectivity index (χ3n) is 5.02. The van der Waals surface area contributed by atoms with Gasteiger partial charge in [-0.2, -0.15) is 0 Å². The quantitative estimate of drug-likeness (QED) is 0.465. The maximum atomic E-state index is 13.0. The fraction of sp³-hybridized carbons (Fsp3) is 0.190. The summed E-state index contributed by atoms with van der Waals surface area (Å²) in [7, 11) is 0. The number of fused-ring (bicyclic) bond motifs is 1. The maximum Gasteiger partial charge on any atom is 0.254 e. The first-order valence-electron chi connectivity index (χ1n) is 8.52. The van der Waals surface area contributed by atoms with E-state index in [1.807, 2.05) is 42.5 Å². The van der Waals surface area contributed by atoms with Gasteiger partial charge in [-0.15, -0.1) is 0 Å². The van der Waals surface area contributed by atoms with Crippen molar-refractivity contribution in [1.82, 2.24) is 0 Å². The van der Waals surface area contributed by atoms with Crippen LogP contribution in [-0.4, -0.2) is 17.1 Å². The van der Waals surface area contributed by atoms with Crippen LogP contribution in [0.5, 0.6) is 0 Å². The van der Waals surface area contributed by atoms with Crippen molar-refractivity contribution in [2.24, 2.45) is 11.8 Å². The lowest BCUT2D eigenvalue weighted by Gasteiger charge is -2.21. The molecule has 5 heteroatoms. The average Bonchev–Trinajstić information content (AvgIpc) is 2.92. The van der Waals surface area contributed by atoms with Crippen LogP contribution in [0.25, 0.3) is 11.1 Å². The van der Waals surface area contributed by atoms with Gasteiger partial charge in [-0.3, -0.25) is 14.4 Å². The predicted molar refractivity (Wildman–Crippen MR) is 99.9 cm³/mol. The second-order valence-corrected chi connectivity index (χ2v) is 6.83. The van der Waals surface area contributed by atoms with Gasteiger partial charge in [-0.1, -0.05) is 54.6 Å². The van der Waals surface area contributed by atoms with Crippen molar-refractivity contribution in [2.75, 3.05) is 4.90 Å². The van der Waals surface area contributed by atoms with Crippen LogP contribution >= 0.6 is 11.6 Å². The highest BCUT2D eigenvalue weighted by molar-refractivity contribution is 6.68. The summed E-state index contributed by atoms with van der Waals surface area (Å²) in [6.07, 6.45) is 5.16. The summed E-state index contributed by atoms with van der Waals surface area (Å²) in [5.74, 6) is -1.38. The average molecular weight is 366 g/mol. The number of anilines is 1. The Labute approximate surface area is 156 Å². The Balaban J connectivity index is 1.93. The Morgan fingerprint density at radius 2 is 1.77 bits per heavy atom. The fourth-order valence-corrected chi connectivity index (χ4v) is 3.95. The molecule has 0 bridgehead atoms. The van der Waals surface area contributed by atoms with E-state index in [4.69, 9.17) is 11.6 Å². The monoisotopic (exact) mass is 365 g/mol. The van der Waals surface area contributed by atoms with Gasteiger partial charge < -0.3 is 0 Å². The van der Waals surface area contributed by atoms with Crippen LogP contribution in [-0.2, 0) is 9.59 Å². The molecule has 2 amide bonds. The minimum atomic E-state index is -0.691. The highest BCUT2D eigenvalue weighted by atomic mass is 35.5. The summed E-state index contributed by atoms with van der Waals surface area (Å²) in [5.41, 5.74) is 1.91. The molecule has 2 aromatic carbocycles. The molecule has 0 spiro atoms. The van der Waals surface area contributed by atoms with Crippen molar-refractivity contribution in [3.8, 4) is 11.1 Å². The van der Waals surface area contributed by atoms with E-state index in [2.05, 4.69) is 0 Å². The minimum Gasteiger partial charge on any atom is -0.276 e. The lowest BCUT2D eigenvalue weighted by atomic mass is 9.86. The SMILES string of the molecule is O=C(Cl)c1cccc(-c2ccccc2)c1N1C(=O)C2C=CCCC2C1=O. The molecule has 1 saturated heterocycles. The Hall–Kier alpha value is -2.72. The van der Waals surface area contributed by atoms with E-state index >= 15 is 0 Å². The van der Waals surface area contributed by atoms with Crippen molar-refractivity contribution in [1.29, 1.82) is 0 Å². The van der Waals surface area contributed by atoms with Gasteiger partial charge in [-0.05, 0) is 36.1 Å². The number of carbonyl (C=O) groups is 3. The topological polar surface area (TPSA) is 54.5 Å². The van der Waals surface area contributed by atoms with Crippen LogP contribution in [0.2, 0.25) is 0 Å². The van der Waals surface area contributed by atoms with Gasteiger partial charge in [0.15, 0.2) is 0 Å². The molecule has 1 fully saturated rings. The van der Waals surface area contributed by atoms with Crippen LogP contribution in [0.15, 0.2) is 60.7 Å². The molecule has 0 radical (unpaired) electrons. The van der Waals surface area contributed by atoms with Crippen molar-refractivity contribution in [3.05, 3.63) is 66.2 Å². The lowest BCUT2D eigenvalue weighted by Crippen LogP contribution is -2.32. The Morgan fingerprint density at radius 1 is 1.00 bits per heavy atom. The number of imide groups is 1. The molecule has 1 aliphatic carbocycles. The number of hydrogen-bond acceptors (Lipinski definition) is 3. The van der Waals surface area contributed by atoms with Gasteiger partial charge in [0.05, 0.1) is 23.1 Å². The predicted octanol–water partition coefficient (Wildman–Crippen LogP) is 4.19. The molecule has 26 heavy (non-hydrogen) atoms. The summed E-state index contributed by atoms with van der Waals surface area (Å²) < 4.78 is 0. The van der Waals surface area contributed by atoms with Gasteiger partial charge in [0.25, 0.3) is 5.24 Å². The van der Waals surface area contributed by atoms with Crippen molar-refractivity contribution in [3.63, 3.8) is 0 Å². The first-order valence-corrected chi connectivity index (χ1v) is 8.90. The lowest BCUT2D eigenvalue weighted by molar-refractivity contribution is -0.122. The van der Waals surface area contributed by atoms with Gasteiger partial charge in [0, 0.05) is 5.56 Å². The first kappa shape index (κ1) is 16.7. The maximum absolute atomic E-state index is 13.0. The second-order valence-electron chi connectivity index (χ2n) is 6.49. The third-order valence-corrected chi connectivity index (χ3v) is 5.22. The van der Waals surface area contributed by atoms with E-state index in [9.17, 15) is 14.4 Å². The fourth-order valence-electron chi connectivity index (χ4n) is 3.80. The molecule has 2 atom stereocenters. The number of carbonyl (C=O) groups excluding carboxylic acids is 3. The molecule has 0 N–H and O–H groups in total. The standard InChI is InChI=1S/C21H16ClNO3/c22-19(24)17-12-6-11-14(13-7-2-1-3-8-13)18(17)23-20(25)15-9-4-5-10-16(15)21(23)26/h1-4,6-9,11-12,15-16H,5,10H2. The number of para-hydroxylation sites is 1. The summed E-state index contributed by atoms with van der Waals surface area (Å²) in [6, 6.07) is 14.4. The molecule has 0 saturated carbocycles. The van der Waals surface area contributed by atoms with Gasteiger partial charge in [-0.25, -0.2) is 4.90 Å². The van der Waals surface area contributed by atoms with Crippen LogP contribution in [0.4, 0.5) is 5.69 Å². The normalized spacial score (nSPS) is 21.8. The molecular weight excluding hydrogens is 350 g/mol. The van der Waals surface area contributed by atoms with E-state index < -0.39 is 11.2 Å². The van der Waals surface area contributed by atoms with Crippen LogP contribution in [0, 0.1) is 11.8 Å². The molecule has 1 aliphatic heterocycles. The molecule has 2 aromatic rings. The molecule has 0 aromatic heterocycles. The van der Waals surface area contributed by atoms with Crippen molar-refractivity contribution < 1.29 is 14.4 Å². The number of rotatable bonds is 3. The van der Waals surface area contributed by atoms with Crippen LogP contribution in [0.3, 0.4) is 0 Å². The molecular formula is C21H16ClNO3. The second kappa shape index (κ2) is 6.54. The first-order chi connectivity index (χ1) is 12.6. The number of benzene rings is 2. The zero-order valence-corrected chi connectivity index (χ0v) is 14.6. The number of halogens is 1. The molecule has 2 aliphatic rings. The number of amides is 2. The third kappa shape index (κ3) is 2.58. The van der Waals surface area contributed by atoms with Crippen molar-refractivity contribution >= 4 is 34.3 Å². The van der Waals surface area contributed by atoms with Gasteiger partial charge in [0.2, 0.25) is 11.8 Å². The molecule has 2 unspecified atom stereocenters. The Kier molecular flexibility index (Phi) is 4.21.